The van der Waals surface area contributed by atoms with Crippen LogP contribution in [0, 0.1) is 0 Å². The SMILES string of the molecule is CC(=O)N(CCNC(=O)NC1CCCCC1)c1ccccc1C(C)C. The highest BCUT2D eigenvalue weighted by molar-refractivity contribution is 5.92. The maximum absolute atomic E-state index is 12.1. The monoisotopic (exact) mass is 345 g/mol. The van der Waals surface area contributed by atoms with Gasteiger partial charge < -0.3 is 15.5 Å². The predicted molar refractivity (Wildman–Crippen MR) is 102 cm³/mol. The zero-order valence-corrected chi connectivity index (χ0v) is 15.7. The molecule has 0 bridgehead atoms. The highest BCUT2D eigenvalue weighted by Crippen LogP contribution is 2.27. The van der Waals surface area contributed by atoms with Crippen LogP contribution < -0.4 is 15.5 Å². The average Bonchev–Trinajstić information content (AvgIpc) is 2.59. The number of nitrogens with zero attached hydrogens (tertiary/aromatic N) is 1. The smallest absolute Gasteiger partial charge is 0.315 e. The molecule has 1 saturated carbocycles. The summed E-state index contributed by atoms with van der Waals surface area (Å²) < 4.78 is 0. The van der Waals surface area contributed by atoms with Gasteiger partial charge in [0.2, 0.25) is 5.91 Å². The van der Waals surface area contributed by atoms with Crippen LogP contribution in [-0.2, 0) is 4.79 Å². The van der Waals surface area contributed by atoms with Gasteiger partial charge in [0.05, 0.1) is 0 Å². The molecular formula is C20H31N3O2. The Kier molecular flexibility index (Phi) is 7.29. The summed E-state index contributed by atoms with van der Waals surface area (Å²) in [6, 6.07) is 8.12. The van der Waals surface area contributed by atoms with E-state index in [0.717, 1.165) is 24.1 Å². The zero-order chi connectivity index (χ0) is 18.2. The topological polar surface area (TPSA) is 61.4 Å². The number of nitrogens with one attached hydrogen (secondary N) is 2. The molecule has 0 aliphatic heterocycles. The third-order valence-electron chi connectivity index (χ3n) is 4.79. The van der Waals surface area contributed by atoms with Gasteiger partial charge in [0.25, 0.3) is 0 Å². The van der Waals surface area contributed by atoms with Crippen LogP contribution in [-0.4, -0.2) is 31.1 Å². The van der Waals surface area contributed by atoms with E-state index in [1.54, 1.807) is 11.8 Å². The molecule has 5 nitrogen and oxygen atoms in total. The number of rotatable bonds is 6. The Hall–Kier alpha value is -2.04. The van der Waals surface area contributed by atoms with E-state index in [1.807, 2.05) is 18.2 Å². The number of hydrogen-bond donors (Lipinski definition) is 2. The Morgan fingerprint density at radius 2 is 1.84 bits per heavy atom. The Balaban J connectivity index is 1.90. The molecule has 0 saturated heterocycles. The fraction of sp³-hybridized carbons (Fsp3) is 0.600. The number of benzene rings is 1. The molecule has 3 amide bonds. The van der Waals surface area contributed by atoms with Crippen LogP contribution in [0.1, 0.15) is 64.4 Å². The first-order chi connectivity index (χ1) is 12.0. The number of urea groups is 1. The van der Waals surface area contributed by atoms with Crippen LogP contribution >= 0.6 is 0 Å². The lowest BCUT2D eigenvalue weighted by atomic mass is 9.96. The molecule has 2 N–H and O–H groups in total. The first-order valence-electron chi connectivity index (χ1n) is 9.40. The van der Waals surface area contributed by atoms with Crippen molar-refractivity contribution in [3.8, 4) is 0 Å². The molecular weight excluding hydrogens is 314 g/mol. The summed E-state index contributed by atoms with van der Waals surface area (Å²) in [7, 11) is 0. The van der Waals surface area contributed by atoms with Gasteiger partial charge >= 0.3 is 6.03 Å². The average molecular weight is 345 g/mol. The molecule has 2 rings (SSSR count). The van der Waals surface area contributed by atoms with Crippen LogP contribution in [0.15, 0.2) is 24.3 Å². The highest BCUT2D eigenvalue weighted by Gasteiger charge is 2.18. The molecule has 1 aromatic carbocycles. The minimum Gasteiger partial charge on any atom is -0.336 e. The summed E-state index contributed by atoms with van der Waals surface area (Å²) in [4.78, 5) is 25.9. The van der Waals surface area contributed by atoms with Gasteiger partial charge in [-0.2, -0.15) is 0 Å². The van der Waals surface area contributed by atoms with Crippen LogP contribution in [0.2, 0.25) is 0 Å². The first kappa shape index (κ1) is 19.3. The normalized spacial score (nSPS) is 15.0. The van der Waals surface area contributed by atoms with E-state index >= 15 is 0 Å². The minimum atomic E-state index is -0.132. The Morgan fingerprint density at radius 3 is 2.48 bits per heavy atom. The summed E-state index contributed by atoms with van der Waals surface area (Å²) in [5.74, 6) is 0.322. The Bertz CT molecular complexity index is 580. The van der Waals surface area contributed by atoms with Crippen molar-refractivity contribution >= 4 is 17.6 Å². The van der Waals surface area contributed by atoms with Crippen LogP contribution in [0.5, 0.6) is 0 Å². The molecule has 0 radical (unpaired) electrons. The van der Waals surface area contributed by atoms with Gasteiger partial charge in [-0.15, -0.1) is 0 Å². The minimum absolute atomic E-state index is 0.0115. The number of hydrogen-bond acceptors (Lipinski definition) is 2. The number of carbonyl (C=O) groups excluding carboxylic acids is 2. The van der Waals surface area contributed by atoms with E-state index in [1.165, 1.54) is 19.3 Å². The molecule has 25 heavy (non-hydrogen) atoms. The van der Waals surface area contributed by atoms with Crippen LogP contribution in [0.4, 0.5) is 10.5 Å². The van der Waals surface area contributed by atoms with Crippen molar-refractivity contribution in [1.82, 2.24) is 10.6 Å². The Labute approximate surface area is 151 Å². The van der Waals surface area contributed by atoms with E-state index in [4.69, 9.17) is 0 Å². The second kappa shape index (κ2) is 9.44. The number of carbonyl (C=O) groups is 2. The maximum atomic E-state index is 12.1. The molecule has 1 fully saturated rings. The number of para-hydroxylation sites is 1. The molecule has 0 unspecified atom stereocenters. The quantitative estimate of drug-likeness (QED) is 0.824. The first-order valence-corrected chi connectivity index (χ1v) is 9.40. The van der Waals surface area contributed by atoms with Gasteiger partial charge in [-0.25, -0.2) is 4.79 Å². The van der Waals surface area contributed by atoms with E-state index in [9.17, 15) is 9.59 Å². The lowest BCUT2D eigenvalue weighted by molar-refractivity contribution is -0.116. The molecule has 1 aromatic rings. The van der Waals surface area contributed by atoms with Crippen molar-refractivity contribution in [1.29, 1.82) is 0 Å². The summed E-state index contributed by atoms with van der Waals surface area (Å²) in [5, 5.41) is 5.93. The van der Waals surface area contributed by atoms with E-state index in [-0.39, 0.29) is 11.9 Å². The summed E-state index contributed by atoms with van der Waals surface area (Å²) in [6.07, 6.45) is 5.77. The van der Waals surface area contributed by atoms with Crippen molar-refractivity contribution < 1.29 is 9.59 Å². The molecule has 1 aliphatic carbocycles. The summed E-state index contributed by atoms with van der Waals surface area (Å²) >= 11 is 0. The molecule has 0 aromatic heterocycles. The summed E-state index contributed by atoms with van der Waals surface area (Å²) in [6.45, 7) is 6.71. The molecule has 0 atom stereocenters. The van der Waals surface area contributed by atoms with Gasteiger partial charge in [0.15, 0.2) is 0 Å². The third-order valence-corrected chi connectivity index (χ3v) is 4.79. The predicted octanol–water partition coefficient (Wildman–Crippen LogP) is 3.79. The molecule has 138 valence electrons. The van der Waals surface area contributed by atoms with Crippen molar-refractivity contribution in [3.63, 3.8) is 0 Å². The lowest BCUT2D eigenvalue weighted by Crippen LogP contribution is -2.45. The van der Waals surface area contributed by atoms with Crippen molar-refractivity contribution in [3.05, 3.63) is 29.8 Å². The Morgan fingerprint density at radius 1 is 1.16 bits per heavy atom. The fourth-order valence-electron chi connectivity index (χ4n) is 3.43. The third kappa shape index (κ3) is 5.76. The van der Waals surface area contributed by atoms with Gasteiger partial charge in [-0.3, -0.25) is 4.79 Å². The van der Waals surface area contributed by atoms with Gasteiger partial charge in [0, 0.05) is 31.7 Å². The number of amides is 3. The van der Waals surface area contributed by atoms with E-state index < -0.39 is 0 Å². The molecule has 0 heterocycles. The van der Waals surface area contributed by atoms with Crippen molar-refractivity contribution in [2.45, 2.75) is 64.8 Å². The molecule has 5 heteroatoms. The molecule has 1 aliphatic rings. The van der Waals surface area contributed by atoms with Gasteiger partial charge in [0.1, 0.15) is 0 Å². The number of anilines is 1. The van der Waals surface area contributed by atoms with Gasteiger partial charge in [-0.1, -0.05) is 51.3 Å². The van der Waals surface area contributed by atoms with Crippen LogP contribution in [0.25, 0.3) is 0 Å². The van der Waals surface area contributed by atoms with Crippen molar-refractivity contribution in [2.75, 3.05) is 18.0 Å². The second-order valence-corrected chi connectivity index (χ2v) is 7.12. The lowest BCUT2D eigenvalue weighted by Gasteiger charge is -2.26. The zero-order valence-electron chi connectivity index (χ0n) is 15.7. The van der Waals surface area contributed by atoms with Crippen molar-refractivity contribution in [2.24, 2.45) is 0 Å². The molecule has 0 spiro atoms. The summed E-state index contributed by atoms with van der Waals surface area (Å²) in [5.41, 5.74) is 2.07. The van der Waals surface area contributed by atoms with E-state index in [2.05, 4.69) is 30.5 Å². The maximum Gasteiger partial charge on any atom is 0.315 e. The largest absolute Gasteiger partial charge is 0.336 e. The van der Waals surface area contributed by atoms with Crippen LogP contribution in [0.3, 0.4) is 0 Å². The second-order valence-electron chi connectivity index (χ2n) is 7.12. The van der Waals surface area contributed by atoms with Gasteiger partial charge in [-0.05, 0) is 30.4 Å². The highest BCUT2D eigenvalue weighted by atomic mass is 16.2. The fourth-order valence-corrected chi connectivity index (χ4v) is 3.43. The van der Waals surface area contributed by atoms with E-state index in [0.29, 0.717) is 25.0 Å². The standard InChI is InChI=1S/C20H31N3O2/c1-15(2)18-11-7-8-12-19(18)23(16(3)24)14-13-21-20(25)22-17-9-5-4-6-10-17/h7-8,11-12,15,17H,4-6,9-10,13-14H2,1-3H3,(H2,21,22,25).